The summed E-state index contributed by atoms with van der Waals surface area (Å²) in [6, 6.07) is 1.77. The van der Waals surface area contributed by atoms with Crippen LogP contribution < -0.4 is 15.8 Å². The van der Waals surface area contributed by atoms with Crippen molar-refractivity contribution in [2.45, 2.75) is 39.5 Å². The van der Waals surface area contributed by atoms with E-state index >= 15 is 0 Å². The van der Waals surface area contributed by atoms with Gasteiger partial charge in [-0.15, -0.1) is 0 Å². The van der Waals surface area contributed by atoms with Crippen molar-refractivity contribution < 1.29 is 19.5 Å². The lowest BCUT2D eigenvalue weighted by molar-refractivity contribution is -0.154. The lowest BCUT2D eigenvalue weighted by atomic mass is 10.0. The molecule has 0 aliphatic carbocycles. The topological polar surface area (TPSA) is 120 Å². The summed E-state index contributed by atoms with van der Waals surface area (Å²) in [7, 11) is 0. The number of nitrogens with zero attached hydrogens (tertiary/aromatic N) is 4. The molecule has 0 bridgehead atoms. The zero-order valence-electron chi connectivity index (χ0n) is 16.6. The molecule has 0 aromatic carbocycles. The number of morpholine rings is 1. The fourth-order valence-corrected chi connectivity index (χ4v) is 3.01. The SMILES string of the molecule is CCCCC[C@@H](CN(O)C=O)C(=O)NNc1cc(N2CCOCC2)nc(C)n1. The van der Waals surface area contributed by atoms with Gasteiger partial charge in [0.25, 0.3) is 0 Å². The maximum Gasteiger partial charge on any atom is 0.243 e. The second-order valence-electron chi connectivity index (χ2n) is 6.79. The van der Waals surface area contributed by atoms with E-state index in [4.69, 9.17) is 4.74 Å². The molecular weight excluding hydrogens is 364 g/mol. The normalized spacial score (nSPS) is 15.0. The van der Waals surface area contributed by atoms with Crippen LogP contribution in [-0.2, 0) is 14.3 Å². The third-order valence-corrected chi connectivity index (χ3v) is 4.53. The van der Waals surface area contributed by atoms with Gasteiger partial charge >= 0.3 is 0 Å². The van der Waals surface area contributed by atoms with Gasteiger partial charge in [0.15, 0.2) is 0 Å². The van der Waals surface area contributed by atoms with Crippen LogP contribution in [0, 0.1) is 12.8 Å². The molecule has 2 rings (SSSR count). The highest BCUT2D eigenvalue weighted by atomic mass is 16.5. The third-order valence-electron chi connectivity index (χ3n) is 4.53. The number of aromatic nitrogens is 2. The standard InChI is InChI=1S/C18H30N6O4/c1-3-4-5-6-15(12-24(27)13-25)18(26)22-21-16-11-17(20-14(2)19-16)23-7-9-28-10-8-23/h11,13,15,27H,3-10,12H2,1-2H3,(H,22,26)(H,19,20,21)/t15-/m0/s1. The minimum absolute atomic E-state index is 0.0530. The Morgan fingerprint density at radius 3 is 2.82 bits per heavy atom. The van der Waals surface area contributed by atoms with Gasteiger partial charge < -0.3 is 9.64 Å². The zero-order chi connectivity index (χ0) is 20.4. The number of ether oxygens (including phenoxy) is 1. The van der Waals surface area contributed by atoms with Crippen LogP contribution in [-0.4, -0.2) is 65.4 Å². The molecule has 0 spiro atoms. The molecule has 1 aliphatic heterocycles. The average Bonchev–Trinajstić information content (AvgIpc) is 2.71. The summed E-state index contributed by atoms with van der Waals surface area (Å²) in [6.45, 7) is 6.61. The van der Waals surface area contributed by atoms with Crippen LogP contribution in [0.1, 0.15) is 38.4 Å². The van der Waals surface area contributed by atoms with E-state index in [9.17, 15) is 14.8 Å². The molecule has 0 radical (unpaired) electrons. The molecule has 1 aromatic rings. The highest BCUT2D eigenvalue weighted by molar-refractivity contribution is 5.80. The first-order chi connectivity index (χ1) is 13.5. The van der Waals surface area contributed by atoms with E-state index in [1.807, 2.05) is 0 Å². The lowest BCUT2D eigenvalue weighted by Gasteiger charge is -2.28. The maximum absolute atomic E-state index is 12.5. The van der Waals surface area contributed by atoms with Crippen LogP contribution in [0.5, 0.6) is 0 Å². The molecule has 10 heteroatoms. The number of aryl methyl sites for hydroxylation is 1. The van der Waals surface area contributed by atoms with Crippen molar-refractivity contribution in [2.24, 2.45) is 5.92 Å². The van der Waals surface area contributed by atoms with Crippen LogP contribution in [0.4, 0.5) is 11.6 Å². The van der Waals surface area contributed by atoms with E-state index in [-0.39, 0.29) is 12.5 Å². The number of anilines is 2. The van der Waals surface area contributed by atoms with Crippen molar-refractivity contribution in [3.63, 3.8) is 0 Å². The largest absolute Gasteiger partial charge is 0.378 e. The van der Waals surface area contributed by atoms with Gasteiger partial charge in [0, 0.05) is 19.2 Å². The van der Waals surface area contributed by atoms with Crippen molar-refractivity contribution in [3.05, 3.63) is 11.9 Å². The van der Waals surface area contributed by atoms with E-state index in [0.29, 0.717) is 42.8 Å². The number of hydrazine groups is 1. The summed E-state index contributed by atoms with van der Waals surface area (Å²) >= 11 is 0. The summed E-state index contributed by atoms with van der Waals surface area (Å²) in [5, 5.41) is 9.97. The van der Waals surface area contributed by atoms with Gasteiger partial charge in [0.05, 0.1) is 25.7 Å². The summed E-state index contributed by atoms with van der Waals surface area (Å²) in [5.74, 6) is 1.01. The molecule has 1 fully saturated rings. The Labute approximate surface area is 165 Å². The number of nitrogens with one attached hydrogen (secondary N) is 2. The Kier molecular flexibility index (Phi) is 8.89. The number of hydrogen-bond acceptors (Lipinski definition) is 8. The first kappa shape index (κ1) is 21.8. The second kappa shape index (κ2) is 11.4. The molecule has 156 valence electrons. The highest BCUT2D eigenvalue weighted by Gasteiger charge is 2.21. The number of hydroxylamine groups is 2. The number of rotatable bonds is 11. The van der Waals surface area contributed by atoms with E-state index in [0.717, 1.165) is 38.2 Å². The quantitative estimate of drug-likeness (QED) is 0.221. The predicted octanol–water partition coefficient (Wildman–Crippen LogP) is 1.11. The molecule has 0 saturated carbocycles. The molecular formula is C18H30N6O4. The fraction of sp³-hybridized carbons (Fsp3) is 0.667. The number of hydrogen-bond donors (Lipinski definition) is 3. The van der Waals surface area contributed by atoms with E-state index < -0.39 is 5.92 Å². The first-order valence-corrected chi connectivity index (χ1v) is 9.68. The Morgan fingerprint density at radius 1 is 1.39 bits per heavy atom. The molecule has 1 aliphatic rings. The van der Waals surface area contributed by atoms with E-state index in [1.54, 1.807) is 13.0 Å². The molecule has 10 nitrogen and oxygen atoms in total. The smallest absolute Gasteiger partial charge is 0.243 e. The van der Waals surface area contributed by atoms with E-state index in [2.05, 4.69) is 32.6 Å². The number of amides is 2. The van der Waals surface area contributed by atoms with Crippen LogP contribution in [0.25, 0.3) is 0 Å². The van der Waals surface area contributed by atoms with Crippen molar-refractivity contribution in [1.82, 2.24) is 20.5 Å². The fourth-order valence-electron chi connectivity index (χ4n) is 3.01. The van der Waals surface area contributed by atoms with Crippen LogP contribution >= 0.6 is 0 Å². The average molecular weight is 394 g/mol. The van der Waals surface area contributed by atoms with Crippen molar-refractivity contribution in [3.8, 4) is 0 Å². The molecule has 3 N–H and O–H groups in total. The number of carbonyl (C=O) groups is 2. The molecule has 1 aromatic heterocycles. The Hall–Kier alpha value is -2.46. The summed E-state index contributed by atoms with van der Waals surface area (Å²) in [4.78, 5) is 34.1. The Balaban J connectivity index is 1.98. The van der Waals surface area contributed by atoms with Gasteiger partial charge in [-0.3, -0.25) is 25.6 Å². The molecule has 1 saturated heterocycles. The van der Waals surface area contributed by atoms with Crippen LogP contribution in [0.2, 0.25) is 0 Å². The molecule has 28 heavy (non-hydrogen) atoms. The van der Waals surface area contributed by atoms with Gasteiger partial charge in [-0.05, 0) is 13.3 Å². The summed E-state index contributed by atoms with van der Waals surface area (Å²) in [6.07, 6.45) is 3.73. The van der Waals surface area contributed by atoms with Gasteiger partial charge in [-0.2, -0.15) is 0 Å². The Bertz CT molecular complexity index is 639. The van der Waals surface area contributed by atoms with Crippen molar-refractivity contribution in [2.75, 3.05) is 43.2 Å². The van der Waals surface area contributed by atoms with Crippen molar-refractivity contribution in [1.29, 1.82) is 0 Å². The van der Waals surface area contributed by atoms with Crippen LogP contribution in [0.3, 0.4) is 0 Å². The molecule has 2 heterocycles. The van der Waals surface area contributed by atoms with Gasteiger partial charge in [-0.1, -0.05) is 26.2 Å². The molecule has 0 unspecified atom stereocenters. The van der Waals surface area contributed by atoms with Gasteiger partial charge in [0.1, 0.15) is 17.5 Å². The molecule has 2 amide bonds. The first-order valence-electron chi connectivity index (χ1n) is 9.68. The lowest BCUT2D eigenvalue weighted by Crippen LogP contribution is -2.40. The van der Waals surface area contributed by atoms with Crippen LogP contribution in [0.15, 0.2) is 6.07 Å². The Morgan fingerprint density at radius 2 is 2.14 bits per heavy atom. The minimum Gasteiger partial charge on any atom is -0.378 e. The number of carbonyl (C=O) groups excluding carboxylic acids is 2. The van der Waals surface area contributed by atoms with Gasteiger partial charge in [-0.25, -0.2) is 15.0 Å². The minimum atomic E-state index is -0.518. The zero-order valence-corrected chi connectivity index (χ0v) is 16.6. The van der Waals surface area contributed by atoms with Gasteiger partial charge in [0.2, 0.25) is 12.3 Å². The predicted molar refractivity (Wildman–Crippen MR) is 104 cm³/mol. The van der Waals surface area contributed by atoms with E-state index in [1.165, 1.54) is 0 Å². The monoisotopic (exact) mass is 394 g/mol. The van der Waals surface area contributed by atoms with Crippen molar-refractivity contribution >= 4 is 24.0 Å². The summed E-state index contributed by atoms with van der Waals surface area (Å²) in [5.41, 5.74) is 5.47. The summed E-state index contributed by atoms with van der Waals surface area (Å²) < 4.78 is 5.36. The highest BCUT2D eigenvalue weighted by Crippen LogP contribution is 2.17. The maximum atomic E-state index is 12.5. The number of unbranched alkanes of at least 4 members (excludes halogenated alkanes) is 2. The third kappa shape index (κ3) is 6.93. The molecule has 1 atom stereocenters. The second-order valence-corrected chi connectivity index (χ2v) is 6.79.